The van der Waals surface area contributed by atoms with Crippen LogP contribution in [0, 0.1) is 5.92 Å². The van der Waals surface area contributed by atoms with Crippen molar-refractivity contribution < 1.29 is 9.53 Å². The van der Waals surface area contributed by atoms with Gasteiger partial charge in [-0.05, 0) is 43.0 Å². The van der Waals surface area contributed by atoms with Gasteiger partial charge in [0.25, 0.3) is 5.91 Å². The topological polar surface area (TPSA) is 42.4 Å². The van der Waals surface area contributed by atoms with Crippen LogP contribution in [0.5, 0.6) is 5.75 Å². The second-order valence-corrected chi connectivity index (χ2v) is 5.57. The molecule has 22 heavy (non-hydrogen) atoms. The van der Waals surface area contributed by atoms with Gasteiger partial charge in [0, 0.05) is 19.3 Å². The normalized spacial score (nSPS) is 17.5. The van der Waals surface area contributed by atoms with Crippen molar-refractivity contribution in [1.82, 2.24) is 9.88 Å². The molecule has 1 saturated heterocycles. The van der Waals surface area contributed by atoms with Crippen molar-refractivity contribution in [3.63, 3.8) is 0 Å². The molecule has 1 atom stereocenters. The van der Waals surface area contributed by atoms with Gasteiger partial charge in [0.1, 0.15) is 11.4 Å². The minimum absolute atomic E-state index is 0.0343. The number of para-hydroxylation sites is 1. The molecular weight excluding hydrogens is 276 g/mol. The first kappa shape index (κ1) is 14.6. The smallest absolute Gasteiger partial charge is 0.272 e. The van der Waals surface area contributed by atoms with E-state index in [0.29, 0.717) is 18.2 Å². The minimum Gasteiger partial charge on any atom is -0.494 e. The molecule has 1 fully saturated rings. The molecule has 0 aliphatic carbocycles. The van der Waals surface area contributed by atoms with E-state index in [9.17, 15) is 4.79 Å². The minimum atomic E-state index is 0.0343. The molecule has 1 amide bonds. The number of carbonyl (C=O) groups excluding carboxylic acids is 1. The number of carbonyl (C=O) groups is 1. The van der Waals surface area contributed by atoms with E-state index in [1.165, 1.54) is 0 Å². The number of nitrogens with zero attached hydrogens (tertiary/aromatic N) is 2. The van der Waals surface area contributed by atoms with Crippen LogP contribution in [-0.4, -0.2) is 35.5 Å². The van der Waals surface area contributed by atoms with Crippen molar-refractivity contribution in [2.24, 2.45) is 5.92 Å². The Morgan fingerprint density at radius 3 is 2.77 bits per heavy atom. The van der Waals surface area contributed by atoms with Crippen LogP contribution < -0.4 is 4.74 Å². The van der Waals surface area contributed by atoms with E-state index >= 15 is 0 Å². The Hall–Kier alpha value is -2.36. The molecule has 1 aliphatic heterocycles. The summed E-state index contributed by atoms with van der Waals surface area (Å²) in [6.07, 6.45) is 3.67. The van der Waals surface area contributed by atoms with Crippen LogP contribution >= 0.6 is 0 Å². The fourth-order valence-electron chi connectivity index (χ4n) is 2.76. The molecule has 0 N–H and O–H groups in total. The van der Waals surface area contributed by atoms with Crippen LogP contribution in [0.25, 0.3) is 0 Å². The molecule has 1 aromatic heterocycles. The van der Waals surface area contributed by atoms with Crippen LogP contribution in [0.1, 0.15) is 23.3 Å². The molecule has 1 aliphatic rings. The van der Waals surface area contributed by atoms with Crippen molar-refractivity contribution in [3.8, 4) is 5.75 Å². The summed E-state index contributed by atoms with van der Waals surface area (Å²) in [6, 6.07) is 15.3. The summed E-state index contributed by atoms with van der Waals surface area (Å²) < 4.78 is 5.73. The summed E-state index contributed by atoms with van der Waals surface area (Å²) in [4.78, 5) is 18.4. The van der Waals surface area contributed by atoms with E-state index < -0.39 is 0 Å². The van der Waals surface area contributed by atoms with Crippen LogP contribution in [0.15, 0.2) is 54.7 Å². The number of likely N-dealkylation sites (tertiary alicyclic amines) is 1. The summed E-state index contributed by atoms with van der Waals surface area (Å²) >= 11 is 0. The molecule has 4 heteroatoms. The highest BCUT2D eigenvalue weighted by atomic mass is 16.5. The molecule has 2 heterocycles. The van der Waals surface area contributed by atoms with Gasteiger partial charge in [-0.1, -0.05) is 24.3 Å². The Labute approximate surface area is 130 Å². The summed E-state index contributed by atoms with van der Waals surface area (Å²) in [5.41, 5.74) is 0.531. The van der Waals surface area contributed by atoms with Crippen LogP contribution in [0.4, 0.5) is 0 Å². The lowest BCUT2D eigenvalue weighted by Crippen LogP contribution is -2.29. The molecule has 2 aromatic rings. The molecule has 0 saturated carbocycles. The monoisotopic (exact) mass is 296 g/mol. The molecule has 1 unspecified atom stereocenters. The zero-order valence-corrected chi connectivity index (χ0v) is 12.5. The van der Waals surface area contributed by atoms with Gasteiger partial charge >= 0.3 is 0 Å². The molecule has 3 rings (SSSR count). The van der Waals surface area contributed by atoms with E-state index in [4.69, 9.17) is 4.74 Å². The maximum Gasteiger partial charge on any atom is 0.272 e. The standard InChI is InChI=1S/C18H20N2O2/c21-18(17-8-4-5-11-19-17)20-12-9-15(14-20)10-13-22-16-6-2-1-3-7-16/h1-8,11,15H,9-10,12-14H2. The van der Waals surface area contributed by atoms with E-state index in [-0.39, 0.29) is 5.91 Å². The molecular formula is C18H20N2O2. The second kappa shape index (κ2) is 7.07. The van der Waals surface area contributed by atoms with Crippen LogP contribution in [0.3, 0.4) is 0 Å². The van der Waals surface area contributed by atoms with Crippen molar-refractivity contribution in [2.45, 2.75) is 12.8 Å². The number of pyridine rings is 1. The lowest BCUT2D eigenvalue weighted by Gasteiger charge is -2.16. The van der Waals surface area contributed by atoms with Gasteiger partial charge in [-0.3, -0.25) is 9.78 Å². The van der Waals surface area contributed by atoms with Gasteiger partial charge in [0.05, 0.1) is 6.61 Å². The Balaban J connectivity index is 1.45. The molecule has 4 nitrogen and oxygen atoms in total. The van der Waals surface area contributed by atoms with Gasteiger partial charge in [-0.2, -0.15) is 0 Å². The predicted octanol–water partition coefficient (Wildman–Crippen LogP) is 3.01. The van der Waals surface area contributed by atoms with Gasteiger partial charge in [0.2, 0.25) is 0 Å². The van der Waals surface area contributed by atoms with E-state index in [2.05, 4.69) is 4.98 Å². The molecule has 0 radical (unpaired) electrons. The maximum atomic E-state index is 12.3. The number of aromatic nitrogens is 1. The van der Waals surface area contributed by atoms with Crippen molar-refractivity contribution in [3.05, 3.63) is 60.4 Å². The first-order valence-electron chi connectivity index (χ1n) is 7.71. The van der Waals surface area contributed by atoms with E-state index in [1.54, 1.807) is 12.3 Å². The third-order valence-corrected chi connectivity index (χ3v) is 4.00. The zero-order valence-electron chi connectivity index (χ0n) is 12.5. The third-order valence-electron chi connectivity index (χ3n) is 4.00. The lowest BCUT2D eigenvalue weighted by atomic mass is 10.1. The Morgan fingerprint density at radius 2 is 2.00 bits per heavy atom. The first-order valence-corrected chi connectivity index (χ1v) is 7.71. The highest BCUT2D eigenvalue weighted by Crippen LogP contribution is 2.21. The molecule has 1 aromatic carbocycles. The largest absolute Gasteiger partial charge is 0.494 e. The number of hydrogen-bond acceptors (Lipinski definition) is 3. The van der Waals surface area contributed by atoms with Gasteiger partial charge in [-0.25, -0.2) is 0 Å². The summed E-state index contributed by atoms with van der Waals surface area (Å²) in [7, 11) is 0. The second-order valence-electron chi connectivity index (χ2n) is 5.57. The number of ether oxygens (including phenoxy) is 1. The zero-order chi connectivity index (χ0) is 15.2. The first-order chi connectivity index (χ1) is 10.8. The Morgan fingerprint density at radius 1 is 1.18 bits per heavy atom. The molecule has 114 valence electrons. The van der Waals surface area contributed by atoms with Crippen LogP contribution in [-0.2, 0) is 0 Å². The highest BCUT2D eigenvalue weighted by Gasteiger charge is 2.27. The summed E-state index contributed by atoms with van der Waals surface area (Å²) in [5, 5.41) is 0. The number of hydrogen-bond donors (Lipinski definition) is 0. The summed E-state index contributed by atoms with van der Waals surface area (Å²) in [6.45, 7) is 2.30. The average Bonchev–Trinajstić information content (AvgIpc) is 3.05. The predicted molar refractivity (Wildman–Crippen MR) is 84.8 cm³/mol. The van der Waals surface area contributed by atoms with Crippen molar-refractivity contribution in [1.29, 1.82) is 0 Å². The fraction of sp³-hybridized carbons (Fsp3) is 0.333. The Bertz CT molecular complexity index is 601. The molecule has 0 bridgehead atoms. The number of amides is 1. The molecule has 0 spiro atoms. The quantitative estimate of drug-likeness (QED) is 0.852. The van der Waals surface area contributed by atoms with Crippen LogP contribution in [0.2, 0.25) is 0 Å². The fourth-order valence-corrected chi connectivity index (χ4v) is 2.76. The SMILES string of the molecule is O=C(c1ccccn1)N1CCC(CCOc2ccccc2)C1. The van der Waals surface area contributed by atoms with E-state index in [0.717, 1.165) is 31.7 Å². The van der Waals surface area contributed by atoms with Gasteiger partial charge in [-0.15, -0.1) is 0 Å². The van der Waals surface area contributed by atoms with Gasteiger partial charge < -0.3 is 9.64 Å². The Kier molecular flexibility index (Phi) is 4.68. The van der Waals surface area contributed by atoms with E-state index in [1.807, 2.05) is 47.4 Å². The van der Waals surface area contributed by atoms with Crippen molar-refractivity contribution in [2.75, 3.05) is 19.7 Å². The number of rotatable bonds is 5. The highest BCUT2D eigenvalue weighted by molar-refractivity contribution is 5.92. The summed E-state index contributed by atoms with van der Waals surface area (Å²) in [5.74, 6) is 1.45. The van der Waals surface area contributed by atoms with Crippen molar-refractivity contribution >= 4 is 5.91 Å². The maximum absolute atomic E-state index is 12.3. The third kappa shape index (κ3) is 3.64. The lowest BCUT2D eigenvalue weighted by molar-refractivity contribution is 0.0779. The average molecular weight is 296 g/mol. The number of benzene rings is 1. The van der Waals surface area contributed by atoms with Gasteiger partial charge in [0.15, 0.2) is 0 Å².